The van der Waals surface area contributed by atoms with Gasteiger partial charge in [-0.05, 0) is 30.7 Å². The van der Waals surface area contributed by atoms with Crippen molar-refractivity contribution in [2.24, 2.45) is 28.1 Å². The number of guanidine groups is 1. The molecule has 222 valence electrons. The van der Waals surface area contributed by atoms with Gasteiger partial charge in [-0.25, -0.2) is 4.79 Å². The van der Waals surface area contributed by atoms with Crippen molar-refractivity contribution in [1.82, 2.24) is 16.0 Å². The first-order chi connectivity index (χ1) is 18.8. The summed E-state index contributed by atoms with van der Waals surface area (Å²) >= 11 is 0. The number of aliphatic carboxylic acids is 2. The van der Waals surface area contributed by atoms with Gasteiger partial charge in [-0.1, -0.05) is 50.6 Å². The van der Waals surface area contributed by atoms with Crippen molar-refractivity contribution < 1.29 is 34.2 Å². The monoisotopic (exact) mass is 563 g/mol. The van der Waals surface area contributed by atoms with Gasteiger partial charge in [-0.15, -0.1) is 0 Å². The maximum Gasteiger partial charge on any atom is 0.326 e. The van der Waals surface area contributed by atoms with Crippen LogP contribution in [0.15, 0.2) is 35.3 Å². The zero-order chi connectivity index (χ0) is 30.2. The van der Waals surface area contributed by atoms with Gasteiger partial charge < -0.3 is 43.4 Å². The van der Waals surface area contributed by atoms with Gasteiger partial charge >= 0.3 is 11.9 Å². The Morgan fingerprint density at radius 1 is 0.900 bits per heavy atom. The standard InChI is InChI=1S/C26H41N7O7/c1-3-15(2)21(25(39)40)33-23(37)18(10-7-13-30-26(28)29)31-24(38)19(14-16-8-5-4-6-9-16)32-22(36)17(27)11-12-20(34)35/h4-6,8-9,15,17-19,21H,3,7,10-14,27H2,1-2H3,(H,31,38)(H,32,36)(H,33,37)(H,34,35)(H,39,40)(H4,28,29,30). The molecule has 5 atom stereocenters. The number of amides is 3. The van der Waals surface area contributed by atoms with Crippen LogP contribution < -0.4 is 33.2 Å². The number of aliphatic imine (C=N–C) groups is 1. The van der Waals surface area contributed by atoms with Crippen molar-refractivity contribution in [2.45, 2.75) is 76.5 Å². The van der Waals surface area contributed by atoms with E-state index in [1.807, 2.05) is 0 Å². The largest absolute Gasteiger partial charge is 0.481 e. The number of carboxylic acids is 2. The van der Waals surface area contributed by atoms with Crippen LogP contribution in [-0.4, -0.2) is 76.5 Å². The van der Waals surface area contributed by atoms with E-state index in [9.17, 15) is 29.1 Å². The summed E-state index contributed by atoms with van der Waals surface area (Å²) in [7, 11) is 0. The Labute approximate surface area is 233 Å². The second kappa shape index (κ2) is 17.4. The van der Waals surface area contributed by atoms with Crippen LogP contribution in [0.25, 0.3) is 0 Å². The molecular formula is C26H41N7O7. The molecule has 0 saturated carbocycles. The number of hydrogen-bond donors (Lipinski definition) is 8. The SMILES string of the molecule is CCC(C)C(NC(=O)C(CCCN=C(N)N)NC(=O)C(Cc1ccccc1)NC(=O)C(N)CCC(=O)O)C(=O)O. The zero-order valence-corrected chi connectivity index (χ0v) is 22.8. The highest BCUT2D eigenvalue weighted by Crippen LogP contribution is 2.10. The average molecular weight is 564 g/mol. The number of carboxylic acid groups (broad SMARTS) is 2. The number of rotatable bonds is 18. The van der Waals surface area contributed by atoms with E-state index >= 15 is 0 Å². The summed E-state index contributed by atoms with van der Waals surface area (Å²) in [4.78, 5) is 65.8. The van der Waals surface area contributed by atoms with Gasteiger partial charge in [0.25, 0.3) is 0 Å². The molecule has 5 unspecified atom stereocenters. The van der Waals surface area contributed by atoms with Gasteiger partial charge in [0.1, 0.15) is 18.1 Å². The van der Waals surface area contributed by atoms with E-state index in [1.165, 1.54) is 0 Å². The Kier molecular flexibility index (Phi) is 14.7. The van der Waals surface area contributed by atoms with E-state index in [4.69, 9.17) is 22.3 Å². The summed E-state index contributed by atoms with van der Waals surface area (Å²) in [6, 6.07) is 4.12. The fraction of sp³-hybridized carbons (Fsp3) is 0.538. The zero-order valence-electron chi connectivity index (χ0n) is 22.8. The van der Waals surface area contributed by atoms with Crippen molar-refractivity contribution in [2.75, 3.05) is 6.54 Å². The first kappa shape index (κ1) is 33.8. The molecule has 0 fully saturated rings. The number of benzene rings is 1. The molecule has 1 aromatic rings. The lowest BCUT2D eigenvalue weighted by molar-refractivity contribution is -0.144. The topological polar surface area (TPSA) is 252 Å². The van der Waals surface area contributed by atoms with Crippen LogP contribution in [-0.2, 0) is 30.4 Å². The van der Waals surface area contributed by atoms with E-state index in [2.05, 4.69) is 20.9 Å². The third-order valence-corrected chi connectivity index (χ3v) is 6.28. The maximum atomic E-state index is 13.4. The fourth-order valence-corrected chi connectivity index (χ4v) is 3.73. The lowest BCUT2D eigenvalue weighted by Gasteiger charge is -2.26. The van der Waals surface area contributed by atoms with Crippen LogP contribution in [0.4, 0.5) is 0 Å². The molecule has 0 aliphatic rings. The minimum absolute atomic E-state index is 0.0526. The average Bonchev–Trinajstić information content (AvgIpc) is 2.90. The Morgan fingerprint density at radius 2 is 1.50 bits per heavy atom. The van der Waals surface area contributed by atoms with Crippen molar-refractivity contribution in [3.63, 3.8) is 0 Å². The molecule has 0 aliphatic carbocycles. The Morgan fingerprint density at radius 3 is 2.05 bits per heavy atom. The lowest BCUT2D eigenvalue weighted by Crippen LogP contribution is -2.58. The second-order valence-corrected chi connectivity index (χ2v) is 9.51. The normalized spacial score (nSPS) is 14.5. The minimum Gasteiger partial charge on any atom is -0.481 e. The molecule has 40 heavy (non-hydrogen) atoms. The van der Waals surface area contributed by atoms with Gasteiger partial charge in [0.2, 0.25) is 17.7 Å². The van der Waals surface area contributed by atoms with Gasteiger partial charge in [0.15, 0.2) is 5.96 Å². The van der Waals surface area contributed by atoms with Crippen molar-refractivity contribution >= 4 is 35.6 Å². The molecule has 0 bridgehead atoms. The number of hydrogen-bond acceptors (Lipinski definition) is 7. The van der Waals surface area contributed by atoms with Gasteiger partial charge in [-0.3, -0.25) is 24.2 Å². The molecule has 14 heteroatoms. The summed E-state index contributed by atoms with van der Waals surface area (Å²) in [5, 5.41) is 26.1. The lowest BCUT2D eigenvalue weighted by atomic mass is 9.98. The van der Waals surface area contributed by atoms with Gasteiger partial charge in [0, 0.05) is 19.4 Å². The molecule has 14 nitrogen and oxygen atoms in total. The number of nitrogens with zero attached hydrogens (tertiary/aromatic N) is 1. The molecule has 0 aliphatic heterocycles. The van der Waals surface area contributed by atoms with Crippen LogP contribution in [0, 0.1) is 5.92 Å². The van der Waals surface area contributed by atoms with Crippen LogP contribution in [0.5, 0.6) is 0 Å². The van der Waals surface area contributed by atoms with Crippen molar-refractivity contribution in [1.29, 1.82) is 0 Å². The number of carbonyl (C=O) groups excluding carboxylic acids is 3. The van der Waals surface area contributed by atoms with Crippen LogP contribution in [0.1, 0.15) is 51.5 Å². The highest BCUT2D eigenvalue weighted by molar-refractivity contribution is 5.94. The predicted octanol–water partition coefficient (Wildman–Crippen LogP) is -0.940. The van der Waals surface area contributed by atoms with E-state index in [0.29, 0.717) is 12.0 Å². The van der Waals surface area contributed by atoms with Crippen molar-refractivity contribution in [3.05, 3.63) is 35.9 Å². The molecule has 0 spiro atoms. The second-order valence-electron chi connectivity index (χ2n) is 9.51. The summed E-state index contributed by atoms with van der Waals surface area (Å²) in [5.74, 6) is -5.00. The number of nitrogens with one attached hydrogen (secondary N) is 3. The van der Waals surface area contributed by atoms with E-state index in [0.717, 1.165) is 0 Å². The molecule has 0 heterocycles. The van der Waals surface area contributed by atoms with Gasteiger partial charge in [-0.2, -0.15) is 0 Å². The maximum absolute atomic E-state index is 13.4. The minimum atomic E-state index is -1.21. The molecular weight excluding hydrogens is 522 g/mol. The highest BCUT2D eigenvalue weighted by atomic mass is 16.4. The third kappa shape index (κ3) is 12.6. The van der Waals surface area contributed by atoms with E-state index < -0.39 is 53.8 Å². The van der Waals surface area contributed by atoms with Crippen LogP contribution in [0.3, 0.4) is 0 Å². The van der Waals surface area contributed by atoms with E-state index in [-0.39, 0.29) is 50.5 Å². The van der Waals surface area contributed by atoms with Crippen LogP contribution >= 0.6 is 0 Å². The Balaban J connectivity index is 3.17. The first-order valence-corrected chi connectivity index (χ1v) is 13.1. The third-order valence-electron chi connectivity index (χ3n) is 6.28. The van der Waals surface area contributed by atoms with E-state index in [1.54, 1.807) is 44.2 Å². The summed E-state index contributed by atoms with van der Waals surface area (Å²) in [6.45, 7) is 3.64. The first-order valence-electron chi connectivity index (χ1n) is 13.1. The summed E-state index contributed by atoms with van der Waals surface area (Å²) in [5.41, 5.74) is 17.2. The summed E-state index contributed by atoms with van der Waals surface area (Å²) in [6.07, 6.45) is 0.438. The Hall–Kier alpha value is -4.20. The van der Waals surface area contributed by atoms with Gasteiger partial charge in [0.05, 0.1) is 6.04 Å². The number of nitrogens with two attached hydrogens (primary N) is 3. The highest BCUT2D eigenvalue weighted by Gasteiger charge is 2.32. The predicted molar refractivity (Wildman–Crippen MR) is 148 cm³/mol. The molecule has 0 radical (unpaired) electrons. The molecule has 3 amide bonds. The molecule has 11 N–H and O–H groups in total. The van der Waals surface area contributed by atoms with Crippen molar-refractivity contribution in [3.8, 4) is 0 Å². The quantitative estimate of drug-likeness (QED) is 0.0618. The Bertz CT molecular complexity index is 1030. The molecule has 0 saturated heterocycles. The summed E-state index contributed by atoms with van der Waals surface area (Å²) < 4.78 is 0. The fourth-order valence-electron chi connectivity index (χ4n) is 3.73. The number of carbonyl (C=O) groups is 5. The molecule has 1 rings (SSSR count). The van der Waals surface area contributed by atoms with Crippen LogP contribution in [0.2, 0.25) is 0 Å². The molecule has 0 aromatic heterocycles. The molecule has 1 aromatic carbocycles. The smallest absolute Gasteiger partial charge is 0.326 e.